The van der Waals surface area contributed by atoms with Crippen molar-refractivity contribution >= 4 is 34.3 Å². The molecule has 162 valence electrons. The van der Waals surface area contributed by atoms with Crippen molar-refractivity contribution in [1.29, 1.82) is 0 Å². The highest BCUT2D eigenvalue weighted by atomic mass is 16.4. The lowest BCUT2D eigenvalue weighted by molar-refractivity contribution is -0.143. The van der Waals surface area contributed by atoms with Crippen molar-refractivity contribution in [2.45, 2.75) is 19.9 Å². The molecule has 0 saturated carbocycles. The molecule has 1 aliphatic rings. The molecule has 1 amide bonds. The number of hydrogen-bond donors (Lipinski definition) is 3. The molecule has 3 N–H and O–H groups in total. The summed E-state index contributed by atoms with van der Waals surface area (Å²) in [6, 6.07) is 10.6. The molecular weight excluding hydrogens is 394 g/mol. The Hall–Kier alpha value is -3.39. The van der Waals surface area contributed by atoms with E-state index >= 15 is 0 Å². The van der Waals surface area contributed by atoms with Crippen LogP contribution in [0.2, 0.25) is 0 Å². The van der Waals surface area contributed by atoms with E-state index in [-0.39, 0.29) is 11.8 Å². The van der Waals surface area contributed by atoms with Crippen LogP contribution in [0.5, 0.6) is 0 Å². The summed E-state index contributed by atoms with van der Waals surface area (Å²) in [6.07, 6.45) is 3.53. The molecule has 8 heteroatoms. The molecule has 0 radical (unpaired) electrons. The van der Waals surface area contributed by atoms with Crippen LogP contribution < -0.4 is 10.2 Å². The molecule has 1 aliphatic heterocycles. The molecule has 1 saturated heterocycles. The van der Waals surface area contributed by atoms with E-state index in [2.05, 4.69) is 20.2 Å². The number of aromatic nitrogens is 2. The van der Waals surface area contributed by atoms with Crippen LogP contribution in [0.25, 0.3) is 10.9 Å². The lowest BCUT2D eigenvalue weighted by Crippen LogP contribution is -2.49. The lowest BCUT2D eigenvalue weighted by Gasteiger charge is -2.38. The smallest absolute Gasteiger partial charge is 0.325 e. The third kappa shape index (κ3) is 4.39. The number of aliphatic carboxylic acids is 1. The Balaban J connectivity index is 1.57. The fourth-order valence-electron chi connectivity index (χ4n) is 3.97. The number of H-pyrrole nitrogens is 1. The molecule has 0 bridgehead atoms. The van der Waals surface area contributed by atoms with Crippen LogP contribution in [0.1, 0.15) is 25.5 Å². The second-order valence-corrected chi connectivity index (χ2v) is 8.10. The Morgan fingerprint density at radius 1 is 1.13 bits per heavy atom. The summed E-state index contributed by atoms with van der Waals surface area (Å²) in [5.74, 6) is -0.184. The number of aromatic amines is 1. The van der Waals surface area contributed by atoms with Crippen molar-refractivity contribution in [3.63, 3.8) is 0 Å². The average molecular weight is 422 g/mol. The Kier molecular flexibility index (Phi) is 5.90. The highest BCUT2D eigenvalue weighted by Gasteiger charge is 2.32. The maximum absolute atomic E-state index is 12.3. The lowest BCUT2D eigenvalue weighted by atomic mass is 10.0. The second kappa shape index (κ2) is 8.77. The van der Waals surface area contributed by atoms with Crippen molar-refractivity contribution < 1.29 is 14.7 Å². The molecule has 31 heavy (non-hydrogen) atoms. The van der Waals surface area contributed by atoms with Crippen molar-refractivity contribution in [2.24, 2.45) is 5.92 Å². The minimum atomic E-state index is -0.885. The maximum Gasteiger partial charge on any atom is 0.325 e. The van der Waals surface area contributed by atoms with E-state index in [4.69, 9.17) is 0 Å². The summed E-state index contributed by atoms with van der Waals surface area (Å²) in [5, 5.41) is 13.8. The van der Waals surface area contributed by atoms with Gasteiger partial charge < -0.3 is 20.3 Å². The minimum Gasteiger partial charge on any atom is -0.480 e. The summed E-state index contributed by atoms with van der Waals surface area (Å²) in [6.45, 7) is 6.31. The quantitative estimate of drug-likeness (QED) is 0.565. The van der Waals surface area contributed by atoms with Gasteiger partial charge in [0.15, 0.2) is 0 Å². The largest absolute Gasteiger partial charge is 0.480 e. The van der Waals surface area contributed by atoms with Gasteiger partial charge >= 0.3 is 5.97 Å². The fraction of sp³-hybridized carbons (Fsp3) is 0.348. The number of carbonyl (C=O) groups excluding carboxylic acids is 1. The number of carboxylic acid groups (broad SMARTS) is 1. The molecule has 0 spiro atoms. The van der Waals surface area contributed by atoms with Gasteiger partial charge in [0.25, 0.3) is 0 Å². The third-order valence-electron chi connectivity index (χ3n) is 5.69. The number of fused-ring (bicyclic) bond motifs is 1. The van der Waals surface area contributed by atoms with Crippen LogP contribution in [0.3, 0.4) is 0 Å². The molecule has 1 aromatic carbocycles. The second-order valence-electron chi connectivity index (χ2n) is 8.10. The number of benzene rings is 1. The molecule has 3 aromatic rings. The number of pyridine rings is 1. The zero-order chi connectivity index (χ0) is 22.0. The normalized spacial score (nSPS) is 15.9. The molecule has 8 nitrogen and oxygen atoms in total. The van der Waals surface area contributed by atoms with Gasteiger partial charge in [-0.05, 0) is 30.3 Å². The summed E-state index contributed by atoms with van der Waals surface area (Å²) in [5.41, 5.74) is 2.21. The van der Waals surface area contributed by atoms with Crippen molar-refractivity contribution in [3.05, 3.63) is 54.4 Å². The van der Waals surface area contributed by atoms with E-state index in [9.17, 15) is 14.7 Å². The number of piperazine rings is 1. The number of nitrogens with zero attached hydrogens (tertiary/aromatic N) is 3. The van der Waals surface area contributed by atoms with Crippen LogP contribution in [0, 0.1) is 5.92 Å². The van der Waals surface area contributed by atoms with E-state index in [0.29, 0.717) is 37.4 Å². The van der Waals surface area contributed by atoms with E-state index in [0.717, 1.165) is 16.7 Å². The predicted molar refractivity (Wildman–Crippen MR) is 120 cm³/mol. The van der Waals surface area contributed by atoms with Crippen molar-refractivity contribution in [2.75, 3.05) is 36.4 Å². The topological polar surface area (TPSA) is 102 Å². The van der Waals surface area contributed by atoms with E-state index in [1.165, 1.54) is 0 Å². The van der Waals surface area contributed by atoms with Gasteiger partial charge in [0.1, 0.15) is 11.9 Å². The third-order valence-corrected chi connectivity index (χ3v) is 5.69. The molecule has 4 rings (SSSR count). The molecule has 2 aromatic heterocycles. The predicted octanol–water partition coefficient (Wildman–Crippen LogP) is 3.11. The number of carboxylic acids is 1. The van der Waals surface area contributed by atoms with E-state index in [1.807, 2.05) is 55.1 Å². The first-order chi connectivity index (χ1) is 14.9. The van der Waals surface area contributed by atoms with Crippen LogP contribution in [0.15, 0.2) is 48.8 Å². The number of hydrogen-bond acceptors (Lipinski definition) is 5. The Morgan fingerprint density at radius 3 is 2.55 bits per heavy atom. The van der Waals surface area contributed by atoms with Gasteiger partial charge in [-0.2, -0.15) is 0 Å². The van der Waals surface area contributed by atoms with Gasteiger partial charge in [-0.1, -0.05) is 19.9 Å². The fourth-order valence-corrected chi connectivity index (χ4v) is 3.97. The Morgan fingerprint density at radius 2 is 1.90 bits per heavy atom. The minimum absolute atomic E-state index is 0.0723. The zero-order valence-electron chi connectivity index (χ0n) is 17.7. The average Bonchev–Trinajstić information content (AvgIpc) is 3.17. The van der Waals surface area contributed by atoms with Gasteiger partial charge in [-0.3, -0.25) is 14.5 Å². The van der Waals surface area contributed by atoms with Crippen LogP contribution in [-0.4, -0.2) is 58.0 Å². The number of nitrogens with one attached hydrogen (secondary N) is 2. The van der Waals surface area contributed by atoms with E-state index < -0.39 is 12.0 Å². The number of anilines is 2. The highest BCUT2D eigenvalue weighted by Crippen LogP contribution is 2.31. The highest BCUT2D eigenvalue weighted by molar-refractivity contribution is 5.96. The first kappa shape index (κ1) is 20.9. The van der Waals surface area contributed by atoms with Gasteiger partial charge in [-0.15, -0.1) is 0 Å². The van der Waals surface area contributed by atoms with Crippen molar-refractivity contribution in [3.8, 4) is 0 Å². The molecular formula is C23H27N5O3. The SMILES string of the molecule is CC(C)C(=O)Nc1ccc2[nH]cc([C@@H](C(=O)O)N3CCN(c4ccccn4)CC3)c2c1. The monoisotopic (exact) mass is 421 g/mol. The Labute approximate surface area is 180 Å². The van der Waals surface area contributed by atoms with Gasteiger partial charge in [0.05, 0.1) is 0 Å². The number of rotatable bonds is 6. The summed E-state index contributed by atoms with van der Waals surface area (Å²) in [7, 11) is 0. The summed E-state index contributed by atoms with van der Waals surface area (Å²) in [4.78, 5) is 36.1. The molecule has 0 aliphatic carbocycles. The van der Waals surface area contributed by atoms with Crippen LogP contribution in [0.4, 0.5) is 11.5 Å². The summed E-state index contributed by atoms with van der Waals surface area (Å²) < 4.78 is 0. The molecule has 0 unspecified atom stereocenters. The molecule has 1 fully saturated rings. The maximum atomic E-state index is 12.3. The summed E-state index contributed by atoms with van der Waals surface area (Å²) >= 11 is 0. The van der Waals surface area contributed by atoms with Crippen LogP contribution >= 0.6 is 0 Å². The first-order valence-electron chi connectivity index (χ1n) is 10.5. The Bertz CT molecular complexity index is 1070. The zero-order valence-corrected chi connectivity index (χ0v) is 17.7. The van der Waals surface area contributed by atoms with E-state index in [1.54, 1.807) is 12.4 Å². The molecule has 3 heterocycles. The standard InChI is InChI=1S/C23H27N5O3/c1-15(2)22(29)26-16-6-7-19-17(13-16)18(14-25-19)21(23(30)31)28-11-9-27(10-12-28)20-5-3-4-8-24-20/h3-8,13-15,21,25H,9-12H2,1-2H3,(H,26,29)(H,30,31)/t21-/m0/s1. The number of amides is 1. The van der Waals surface area contributed by atoms with Gasteiger partial charge in [0, 0.05) is 66.6 Å². The first-order valence-corrected chi connectivity index (χ1v) is 10.5. The van der Waals surface area contributed by atoms with Crippen LogP contribution in [-0.2, 0) is 9.59 Å². The van der Waals surface area contributed by atoms with Gasteiger partial charge in [-0.25, -0.2) is 4.98 Å². The van der Waals surface area contributed by atoms with Crippen molar-refractivity contribution in [1.82, 2.24) is 14.9 Å². The number of carbonyl (C=O) groups is 2. The molecule has 1 atom stereocenters. The van der Waals surface area contributed by atoms with Gasteiger partial charge in [0.2, 0.25) is 5.91 Å².